The van der Waals surface area contributed by atoms with Gasteiger partial charge in [0.2, 0.25) is 0 Å². The van der Waals surface area contributed by atoms with E-state index in [1.807, 2.05) is 13.1 Å². The number of aryl methyl sites for hydroxylation is 2. The van der Waals surface area contributed by atoms with E-state index >= 15 is 0 Å². The molecule has 1 heterocycles. The molecule has 0 radical (unpaired) electrons. The minimum atomic E-state index is 0.732. The molecule has 0 aromatic carbocycles. The van der Waals surface area contributed by atoms with Crippen LogP contribution in [0.1, 0.15) is 38.4 Å². The molecule has 1 aromatic rings. The van der Waals surface area contributed by atoms with Crippen molar-refractivity contribution in [2.45, 2.75) is 45.7 Å². The van der Waals surface area contributed by atoms with Crippen LogP contribution in [0.5, 0.6) is 0 Å². The molecular weight excluding hydrogens is 212 g/mol. The summed E-state index contributed by atoms with van der Waals surface area (Å²) in [5, 5.41) is 0.732. The Morgan fingerprint density at radius 3 is 2.36 bits per heavy atom. The second-order valence-electron chi connectivity index (χ2n) is 2.93. The van der Waals surface area contributed by atoms with Gasteiger partial charge in [-0.3, -0.25) is 0 Å². The van der Waals surface area contributed by atoms with Crippen LogP contribution in [-0.4, -0.2) is 9.97 Å². The number of aromatic nitrogens is 2. The Morgan fingerprint density at radius 2 is 1.93 bits per heavy atom. The van der Waals surface area contributed by atoms with Gasteiger partial charge in [0.05, 0.1) is 0 Å². The SMILES string of the molecule is CCC.CCc1nc(SS)ncc1C. The van der Waals surface area contributed by atoms with Gasteiger partial charge < -0.3 is 0 Å². The molecule has 0 bridgehead atoms. The molecule has 2 nitrogen and oxygen atoms in total. The van der Waals surface area contributed by atoms with Crippen LogP contribution >= 0.6 is 22.5 Å². The zero-order valence-electron chi connectivity index (χ0n) is 9.24. The van der Waals surface area contributed by atoms with Gasteiger partial charge in [0.15, 0.2) is 5.16 Å². The summed E-state index contributed by atoms with van der Waals surface area (Å²) in [7, 11) is 1.28. The molecular formula is C10H18N2S2. The van der Waals surface area contributed by atoms with Crippen molar-refractivity contribution >= 4 is 22.5 Å². The largest absolute Gasteiger partial charge is 0.230 e. The smallest absolute Gasteiger partial charge is 0.198 e. The van der Waals surface area contributed by atoms with Gasteiger partial charge >= 0.3 is 0 Å². The Hall–Kier alpha value is -0.220. The molecule has 1 aromatic heterocycles. The third-order valence-electron chi connectivity index (χ3n) is 1.47. The first-order valence-electron chi connectivity index (χ1n) is 4.83. The number of nitrogens with zero attached hydrogens (tertiary/aromatic N) is 2. The van der Waals surface area contributed by atoms with Crippen molar-refractivity contribution < 1.29 is 0 Å². The van der Waals surface area contributed by atoms with Crippen molar-refractivity contribution in [1.82, 2.24) is 9.97 Å². The van der Waals surface area contributed by atoms with Crippen molar-refractivity contribution in [3.8, 4) is 0 Å². The molecule has 14 heavy (non-hydrogen) atoms. The predicted molar refractivity (Wildman–Crippen MR) is 67.0 cm³/mol. The van der Waals surface area contributed by atoms with E-state index in [-0.39, 0.29) is 0 Å². The molecule has 0 atom stereocenters. The molecule has 1 rings (SSSR count). The number of rotatable bonds is 2. The lowest BCUT2D eigenvalue weighted by atomic mass is 10.2. The summed E-state index contributed by atoms with van der Waals surface area (Å²) in [6.07, 6.45) is 4.04. The molecule has 0 saturated carbocycles. The van der Waals surface area contributed by atoms with Crippen molar-refractivity contribution in [2.24, 2.45) is 0 Å². The summed E-state index contributed by atoms with van der Waals surface area (Å²) in [6, 6.07) is 0. The van der Waals surface area contributed by atoms with Crippen molar-refractivity contribution in [2.75, 3.05) is 0 Å². The Labute approximate surface area is 95.7 Å². The van der Waals surface area contributed by atoms with Crippen molar-refractivity contribution in [1.29, 1.82) is 0 Å². The molecule has 0 spiro atoms. The quantitative estimate of drug-likeness (QED) is 0.476. The van der Waals surface area contributed by atoms with Gasteiger partial charge in [-0.1, -0.05) is 27.2 Å². The zero-order chi connectivity index (χ0) is 11.0. The number of thiol groups is 1. The van der Waals surface area contributed by atoms with Crippen LogP contribution in [-0.2, 0) is 6.42 Å². The Balaban J connectivity index is 0.000000500. The van der Waals surface area contributed by atoms with Crippen LogP contribution in [0.4, 0.5) is 0 Å². The van der Waals surface area contributed by atoms with E-state index in [2.05, 4.69) is 42.4 Å². The molecule has 4 heteroatoms. The molecule has 0 N–H and O–H groups in total. The molecule has 0 amide bonds. The Bertz CT molecular complexity index is 264. The lowest BCUT2D eigenvalue weighted by Gasteiger charge is -2.01. The maximum Gasteiger partial charge on any atom is 0.198 e. The average Bonchev–Trinajstić information content (AvgIpc) is 2.20. The van der Waals surface area contributed by atoms with Crippen LogP contribution in [0.25, 0.3) is 0 Å². The third kappa shape index (κ3) is 4.86. The van der Waals surface area contributed by atoms with E-state index in [9.17, 15) is 0 Å². The summed E-state index contributed by atoms with van der Waals surface area (Å²) >= 11 is 4.02. The molecule has 0 saturated heterocycles. The van der Waals surface area contributed by atoms with Gasteiger partial charge in [-0.15, -0.1) is 11.7 Å². The molecule has 0 aliphatic heterocycles. The first-order chi connectivity index (χ1) is 6.69. The Kier molecular flexibility index (Phi) is 7.99. The van der Waals surface area contributed by atoms with E-state index in [1.54, 1.807) is 0 Å². The lowest BCUT2D eigenvalue weighted by molar-refractivity contribution is 0.874. The summed E-state index contributed by atoms with van der Waals surface area (Å²) in [5.41, 5.74) is 2.26. The second kappa shape index (κ2) is 8.12. The fourth-order valence-corrected chi connectivity index (χ4v) is 1.38. The number of hydrogen-bond donors (Lipinski definition) is 1. The van der Waals surface area contributed by atoms with Crippen LogP contribution in [0.3, 0.4) is 0 Å². The van der Waals surface area contributed by atoms with Crippen molar-refractivity contribution in [3.05, 3.63) is 17.5 Å². The fraction of sp³-hybridized carbons (Fsp3) is 0.600. The molecule has 80 valence electrons. The summed E-state index contributed by atoms with van der Waals surface area (Å²) < 4.78 is 0. The van der Waals surface area contributed by atoms with Gasteiger partial charge in [-0.2, -0.15) is 0 Å². The highest BCUT2D eigenvalue weighted by Crippen LogP contribution is 2.17. The average molecular weight is 230 g/mol. The van der Waals surface area contributed by atoms with Crippen LogP contribution < -0.4 is 0 Å². The summed E-state index contributed by atoms with van der Waals surface area (Å²) in [4.78, 5) is 8.37. The molecule has 0 fully saturated rings. The van der Waals surface area contributed by atoms with Gasteiger partial charge in [-0.05, 0) is 29.7 Å². The summed E-state index contributed by atoms with van der Waals surface area (Å²) in [6.45, 7) is 8.36. The highest BCUT2D eigenvalue weighted by molar-refractivity contribution is 8.68. The lowest BCUT2D eigenvalue weighted by Crippen LogP contribution is -1.95. The normalized spacial score (nSPS) is 9.21. The highest BCUT2D eigenvalue weighted by atomic mass is 33.1. The topological polar surface area (TPSA) is 25.8 Å². The number of hydrogen-bond acceptors (Lipinski definition) is 4. The third-order valence-corrected chi connectivity index (χ3v) is 2.32. The Morgan fingerprint density at radius 1 is 1.36 bits per heavy atom. The fourth-order valence-electron chi connectivity index (χ4n) is 0.861. The van der Waals surface area contributed by atoms with E-state index < -0.39 is 0 Å². The van der Waals surface area contributed by atoms with Gasteiger partial charge in [0, 0.05) is 11.9 Å². The maximum absolute atomic E-state index is 4.28. The predicted octanol–water partition coefficient (Wildman–Crippen LogP) is 3.70. The highest BCUT2D eigenvalue weighted by Gasteiger charge is 1.99. The van der Waals surface area contributed by atoms with Crippen LogP contribution in [0, 0.1) is 6.92 Å². The molecule has 0 unspecified atom stereocenters. The van der Waals surface area contributed by atoms with Gasteiger partial charge in [0.25, 0.3) is 0 Å². The first-order valence-corrected chi connectivity index (χ1v) is 6.70. The van der Waals surface area contributed by atoms with Crippen LogP contribution in [0.2, 0.25) is 0 Å². The van der Waals surface area contributed by atoms with Gasteiger partial charge in [-0.25, -0.2) is 9.97 Å². The van der Waals surface area contributed by atoms with Crippen LogP contribution in [0.15, 0.2) is 11.4 Å². The van der Waals surface area contributed by atoms with Gasteiger partial charge in [0.1, 0.15) is 0 Å². The van der Waals surface area contributed by atoms with E-state index in [4.69, 9.17) is 0 Å². The van der Waals surface area contributed by atoms with Crippen molar-refractivity contribution in [3.63, 3.8) is 0 Å². The van der Waals surface area contributed by atoms with E-state index in [0.29, 0.717) is 0 Å². The molecule has 0 aliphatic rings. The monoisotopic (exact) mass is 230 g/mol. The molecule has 0 aliphatic carbocycles. The standard InChI is InChI=1S/C7H10N2S2.C3H8/c1-3-6-5(2)4-8-7(9-6)11-10;1-3-2/h4,10H,3H2,1-2H3;3H2,1-2H3. The minimum absolute atomic E-state index is 0.732. The summed E-state index contributed by atoms with van der Waals surface area (Å²) in [5.74, 6) is 0. The minimum Gasteiger partial charge on any atom is -0.230 e. The zero-order valence-corrected chi connectivity index (χ0v) is 11.0. The second-order valence-corrected chi connectivity index (χ2v) is 4.03. The first kappa shape index (κ1) is 13.8. The van der Waals surface area contributed by atoms with E-state index in [0.717, 1.165) is 22.8 Å². The maximum atomic E-state index is 4.28. The van der Waals surface area contributed by atoms with E-state index in [1.165, 1.54) is 17.2 Å².